The Morgan fingerprint density at radius 2 is 1.35 bits per heavy atom. The second-order valence-corrected chi connectivity index (χ2v) is 3.67. The van der Waals surface area contributed by atoms with E-state index in [1.807, 2.05) is 13.8 Å². The molecule has 0 bridgehead atoms. The number of hydrogen-bond donors (Lipinski definition) is 1. The maximum absolute atomic E-state index is 10.2. The monoisotopic (exact) mass is 245 g/mol. The van der Waals surface area contributed by atoms with E-state index < -0.39 is 6.09 Å². The number of nitrogens with one attached hydrogen (secondary N) is 1. The van der Waals surface area contributed by atoms with Crippen LogP contribution < -0.4 is 5.32 Å². The Hall–Kier alpha value is -1.06. The lowest BCUT2D eigenvalue weighted by molar-refractivity contribution is -0.116. The fourth-order valence-corrected chi connectivity index (χ4v) is 1.33. The second kappa shape index (κ2) is 14.9. The van der Waals surface area contributed by atoms with Crippen molar-refractivity contribution in [2.45, 2.75) is 59.3 Å². The van der Waals surface area contributed by atoms with E-state index in [0.717, 1.165) is 0 Å². The first-order valence-corrected chi connectivity index (χ1v) is 6.48. The Morgan fingerprint density at radius 3 is 1.59 bits per heavy atom. The lowest BCUT2D eigenvalue weighted by atomic mass is 10.0. The molecule has 0 heterocycles. The topological polar surface area (TPSA) is 55.4 Å². The van der Waals surface area contributed by atoms with Crippen LogP contribution in [-0.4, -0.2) is 25.5 Å². The Labute approximate surface area is 105 Å². The van der Waals surface area contributed by atoms with E-state index in [9.17, 15) is 9.59 Å². The van der Waals surface area contributed by atoms with Crippen molar-refractivity contribution in [2.75, 3.05) is 13.7 Å². The lowest BCUT2D eigenvalue weighted by Crippen LogP contribution is -2.27. The number of rotatable bonds is 2. The molecule has 1 rings (SSSR count). The first kappa shape index (κ1) is 18.3. The minimum absolute atomic E-state index is 0.0344. The molecule has 1 fully saturated rings. The number of ketones is 1. The van der Waals surface area contributed by atoms with E-state index in [1.165, 1.54) is 52.6 Å². The van der Waals surface area contributed by atoms with Crippen molar-refractivity contribution in [3.05, 3.63) is 0 Å². The molecule has 0 spiro atoms. The van der Waals surface area contributed by atoms with Gasteiger partial charge in [-0.25, -0.2) is 4.79 Å². The van der Waals surface area contributed by atoms with Crippen molar-refractivity contribution in [3.8, 4) is 0 Å². The van der Waals surface area contributed by atoms with Crippen LogP contribution >= 0.6 is 0 Å². The van der Waals surface area contributed by atoms with Crippen molar-refractivity contribution in [1.82, 2.24) is 5.32 Å². The first-order chi connectivity index (χ1) is 8.16. The molecule has 1 N–H and O–H groups in total. The van der Waals surface area contributed by atoms with Gasteiger partial charge < -0.3 is 10.1 Å². The number of hydrogen-bond acceptors (Lipinski definition) is 3. The number of Topliss-reactive ketones (excluding diaryl/α,β-unsaturated/α-hetero) is 1. The average molecular weight is 245 g/mol. The predicted molar refractivity (Wildman–Crippen MR) is 70.1 cm³/mol. The number of methoxy groups -OCH3 is 1. The number of ether oxygens (including phenoxy) is 1. The summed E-state index contributed by atoms with van der Waals surface area (Å²) in [5.74, 6) is -0.0969. The summed E-state index contributed by atoms with van der Waals surface area (Å²) in [6.45, 7) is 5.42. The zero-order valence-corrected chi connectivity index (χ0v) is 11.7. The van der Waals surface area contributed by atoms with Gasteiger partial charge in [0.1, 0.15) is 5.78 Å². The molecule has 4 nitrogen and oxygen atoms in total. The number of amides is 1. The van der Waals surface area contributed by atoms with Crippen molar-refractivity contribution >= 4 is 11.9 Å². The third-order valence-electron chi connectivity index (χ3n) is 2.17. The largest absolute Gasteiger partial charge is 0.453 e. The van der Waals surface area contributed by atoms with E-state index in [1.54, 1.807) is 0 Å². The summed E-state index contributed by atoms with van der Waals surface area (Å²) in [7, 11) is 1.25. The maximum Gasteiger partial charge on any atom is 0.407 e. The van der Waals surface area contributed by atoms with Crippen LogP contribution in [0.5, 0.6) is 0 Å². The summed E-state index contributed by atoms with van der Waals surface area (Å²) in [5, 5.41) is 2.22. The van der Waals surface area contributed by atoms with Gasteiger partial charge >= 0.3 is 6.09 Å². The lowest BCUT2D eigenvalue weighted by Gasteiger charge is -2.05. The molecule has 17 heavy (non-hydrogen) atoms. The van der Waals surface area contributed by atoms with Crippen LogP contribution in [0.4, 0.5) is 4.79 Å². The summed E-state index contributed by atoms with van der Waals surface area (Å²) in [6, 6.07) is 0. The minimum Gasteiger partial charge on any atom is -0.453 e. The molecule has 0 saturated heterocycles. The van der Waals surface area contributed by atoms with E-state index in [2.05, 4.69) is 10.1 Å². The second-order valence-electron chi connectivity index (χ2n) is 3.67. The van der Waals surface area contributed by atoms with Gasteiger partial charge in [-0.05, 0) is 6.92 Å². The summed E-state index contributed by atoms with van der Waals surface area (Å²) in [4.78, 5) is 20.4. The zero-order valence-electron chi connectivity index (χ0n) is 11.7. The molecule has 0 atom stereocenters. The van der Waals surface area contributed by atoms with Crippen LogP contribution in [0.2, 0.25) is 0 Å². The van der Waals surface area contributed by atoms with Gasteiger partial charge in [-0.1, -0.05) is 52.4 Å². The highest BCUT2D eigenvalue weighted by atomic mass is 16.5. The number of carbonyl (C=O) groups is 2. The van der Waals surface area contributed by atoms with E-state index in [-0.39, 0.29) is 12.3 Å². The quantitative estimate of drug-likeness (QED) is 0.812. The van der Waals surface area contributed by atoms with Crippen molar-refractivity contribution in [3.63, 3.8) is 0 Å². The molecule has 0 radical (unpaired) electrons. The zero-order chi connectivity index (χ0) is 13.5. The number of alkyl carbamates (subject to hydrolysis) is 1. The fourth-order valence-electron chi connectivity index (χ4n) is 1.33. The molecule has 0 aromatic carbocycles. The van der Waals surface area contributed by atoms with Gasteiger partial charge in [0.15, 0.2) is 0 Å². The highest BCUT2D eigenvalue weighted by molar-refractivity contribution is 5.81. The highest BCUT2D eigenvalue weighted by Gasteiger charge is 1.97. The Morgan fingerprint density at radius 1 is 1.00 bits per heavy atom. The molecule has 0 aliphatic heterocycles. The van der Waals surface area contributed by atoms with Crippen molar-refractivity contribution in [2.24, 2.45) is 0 Å². The third kappa shape index (κ3) is 17.5. The van der Waals surface area contributed by atoms with Crippen LogP contribution in [0.1, 0.15) is 59.3 Å². The Bertz CT molecular complexity index is 178. The van der Waals surface area contributed by atoms with Crippen LogP contribution in [-0.2, 0) is 9.53 Å². The predicted octanol–water partition coefficient (Wildman–Crippen LogP) is 3.30. The van der Waals surface area contributed by atoms with Crippen molar-refractivity contribution in [1.29, 1.82) is 0 Å². The molecule has 0 aromatic heterocycles. The van der Waals surface area contributed by atoms with Gasteiger partial charge in [0.05, 0.1) is 13.7 Å². The van der Waals surface area contributed by atoms with Gasteiger partial charge in [0, 0.05) is 0 Å². The van der Waals surface area contributed by atoms with Crippen molar-refractivity contribution < 1.29 is 14.3 Å². The summed E-state index contributed by atoms with van der Waals surface area (Å²) >= 11 is 0. The van der Waals surface area contributed by atoms with Gasteiger partial charge in [-0.3, -0.25) is 4.79 Å². The molecule has 1 amide bonds. The molecule has 1 aliphatic carbocycles. The highest BCUT2D eigenvalue weighted by Crippen LogP contribution is 2.15. The normalized spacial score (nSPS) is 13.2. The minimum atomic E-state index is -0.579. The fraction of sp³-hybridized carbons (Fsp3) is 0.846. The molecule has 1 aliphatic rings. The van der Waals surface area contributed by atoms with E-state index >= 15 is 0 Å². The first-order valence-electron chi connectivity index (χ1n) is 6.48. The smallest absolute Gasteiger partial charge is 0.407 e. The SMILES string of the molecule is C1CCCCC1.CC.COC(=O)NCC(C)=O. The van der Waals surface area contributed by atoms with Gasteiger partial charge in [0.2, 0.25) is 0 Å². The van der Waals surface area contributed by atoms with E-state index in [4.69, 9.17) is 0 Å². The molecule has 4 heteroatoms. The third-order valence-corrected chi connectivity index (χ3v) is 2.17. The van der Waals surface area contributed by atoms with Crippen LogP contribution in [0.3, 0.4) is 0 Å². The van der Waals surface area contributed by atoms with Gasteiger partial charge in [-0.15, -0.1) is 0 Å². The van der Waals surface area contributed by atoms with Crippen LogP contribution in [0.25, 0.3) is 0 Å². The molecule has 0 aromatic rings. The Balaban J connectivity index is 0. The summed E-state index contributed by atoms with van der Waals surface area (Å²) < 4.78 is 4.20. The molecular formula is C13H27NO3. The summed E-state index contributed by atoms with van der Waals surface area (Å²) in [5.41, 5.74) is 0. The molecule has 0 unspecified atom stereocenters. The van der Waals surface area contributed by atoms with Gasteiger partial charge in [0.25, 0.3) is 0 Å². The molecule has 1 saturated carbocycles. The number of carbonyl (C=O) groups excluding carboxylic acids is 2. The van der Waals surface area contributed by atoms with E-state index in [0.29, 0.717) is 0 Å². The Kier molecular flexibility index (Phi) is 16.1. The van der Waals surface area contributed by atoms with Crippen LogP contribution in [0.15, 0.2) is 0 Å². The molecular weight excluding hydrogens is 218 g/mol. The molecule has 102 valence electrons. The standard InChI is InChI=1S/C6H12.C5H9NO3.C2H6/c1-2-4-6-5-3-1;1-4(7)3-6-5(8)9-2;1-2/h1-6H2;3H2,1-2H3,(H,6,8);1-2H3. The average Bonchev–Trinajstić information content (AvgIpc) is 2.41. The van der Waals surface area contributed by atoms with Gasteiger partial charge in [-0.2, -0.15) is 0 Å². The summed E-state index contributed by atoms with van der Waals surface area (Å²) in [6.07, 6.45) is 8.42. The van der Waals surface area contributed by atoms with Crippen LogP contribution in [0, 0.1) is 0 Å². The maximum atomic E-state index is 10.2.